The molecule has 0 saturated heterocycles. The molecule has 0 atom stereocenters. The number of imide groups is 1. The molecule has 4 rings (SSSR count). The molecule has 0 saturated carbocycles. The van der Waals surface area contributed by atoms with Crippen molar-refractivity contribution in [2.45, 2.75) is 20.4 Å². The van der Waals surface area contributed by atoms with Crippen LogP contribution in [-0.4, -0.2) is 24.8 Å². The Morgan fingerprint density at radius 3 is 2.48 bits per heavy atom. The number of rotatable bonds is 5. The number of aryl methyl sites for hydroxylation is 2. The van der Waals surface area contributed by atoms with E-state index in [9.17, 15) is 14.4 Å². The fraction of sp³-hybridized carbons (Fsp3) is 0.160. The van der Waals surface area contributed by atoms with Crippen molar-refractivity contribution >= 4 is 23.4 Å². The highest BCUT2D eigenvalue weighted by Gasteiger charge is 2.37. The van der Waals surface area contributed by atoms with Gasteiger partial charge in [-0.3, -0.25) is 14.4 Å². The molecule has 156 valence electrons. The minimum Gasteiger partial charge on any atom is -0.497 e. The zero-order valence-electron chi connectivity index (χ0n) is 17.6. The third-order valence-electron chi connectivity index (χ3n) is 5.34. The van der Waals surface area contributed by atoms with Gasteiger partial charge in [0, 0.05) is 12.1 Å². The molecule has 1 heterocycles. The predicted octanol–water partition coefficient (Wildman–Crippen LogP) is 4.04. The highest BCUT2D eigenvalue weighted by molar-refractivity contribution is 6.35. The largest absolute Gasteiger partial charge is 0.497 e. The van der Waals surface area contributed by atoms with Crippen LogP contribution in [0.15, 0.2) is 60.7 Å². The number of hydrogen-bond acceptors (Lipinski definition) is 4. The molecular formula is C25H22N2O4. The van der Waals surface area contributed by atoms with E-state index in [1.807, 2.05) is 56.3 Å². The van der Waals surface area contributed by atoms with Crippen molar-refractivity contribution in [3.8, 4) is 5.75 Å². The molecule has 3 amide bonds. The van der Waals surface area contributed by atoms with Gasteiger partial charge in [0.25, 0.3) is 17.7 Å². The molecule has 3 aromatic rings. The van der Waals surface area contributed by atoms with Gasteiger partial charge in [-0.1, -0.05) is 24.3 Å². The molecule has 0 unspecified atom stereocenters. The van der Waals surface area contributed by atoms with Crippen molar-refractivity contribution in [3.63, 3.8) is 0 Å². The average molecular weight is 414 g/mol. The Kier molecular flexibility index (Phi) is 5.29. The Morgan fingerprint density at radius 1 is 0.935 bits per heavy atom. The van der Waals surface area contributed by atoms with Crippen LogP contribution in [-0.2, 0) is 6.54 Å². The maximum absolute atomic E-state index is 13.1. The molecule has 3 aromatic carbocycles. The van der Waals surface area contributed by atoms with Gasteiger partial charge in [-0.2, -0.15) is 0 Å². The van der Waals surface area contributed by atoms with E-state index in [0.717, 1.165) is 16.7 Å². The summed E-state index contributed by atoms with van der Waals surface area (Å²) in [7, 11) is 1.59. The first-order valence-electron chi connectivity index (χ1n) is 9.90. The van der Waals surface area contributed by atoms with E-state index in [2.05, 4.69) is 5.32 Å². The van der Waals surface area contributed by atoms with Crippen molar-refractivity contribution in [2.24, 2.45) is 0 Å². The number of nitrogens with zero attached hydrogens (tertiary/aromatic N) is 1. The van der Waals surface area contributed by atoms with Gasteiger partial charge < -0.3 is 10.1 Å². The Hall–Kier alpha value is -3.93. The normalized spacial score (nSPS) is 12.7. The number of hydrogen-bond donors (Lipinski definition) is 1. The topological polar surface area (TPSA) is 75.7 Å². The molecule has 6 heteroatoms. The van der Waals surface area contributed by atoms with Crippen molar-refractivity contribution in [3.05, 3.63) is 94.0 Å². The van der Waals surface area contributed by atoms with E-state index in [-0.39, 0.29) is 17.4 Å². The van der Waals surface area contributed by atoms with Crippen LogP contribution in [0.3, 0.4) is 0 Å². The van der Waals surface area contributed by atoms with Crippen molar-refractivity contribution in [1.82, 2.24) is 5.32 Å². The lowest BCUT2D eigenvalue weighted by Gasteiger charge is -2.17. The van der Waals surface area contributed by atoms with Crippen LogP contribution in [0.1, 0.15) is 47.8 Å². The standard InChI is InChI=1S/C25H22N2O4/c1-15-7-8-16(2)22(11-15)27-24(29)20-10-9-18(13-21(20)25(27)30)23(28)26-14-17-5-4-6-19(12-17)31-3/h4-13H,14H2,1-3H3,(H,26,28). The fourth-order valence-corrected chi connectivity index (χ4v) is 3.63. The highest BCUT2D eigenvalue weighted by atomic mass is 16.5. The minimum atomic E-state index is -0.420. The summed E-state index contributed by atoms with van der Waals surface area (Å²) in [4.78, 5) is 39.8. The van der Waals surface area contributed by atoms with Gasteiger partial charge in [0.15, 0.2) is 0 Å². The summed E-state index contributed by atoms with van der Waals surface area (Å²) < 4.78 is 5.19. The van der Waals surface area contributed by atoms with Gasteiger partial charge in [0.05, 0.1) is 23.9 Å². The second kappa shape index (κ2) is 8.07. The maximum Gasteiger partial charge on any atom is 0.266 e. The molecule has 31 heavy (non-hydrogen) atoms. The second-order valence-electron chi connectivity index (χ2n) is 7.53. The van der Waals surface area contributed by atoms with E-state index in [1.54, 1.807) is 19.2 Å². The van der Waals surface area contributed by atoms with E-state index >= 15 is 0 Å². The third kappa shape index (κ3) is 3.80. The molecular weight excluding hydrogens is 392 g/mol. The van der Waals surface area contributed by atoms with Gasteiger partial charge in [-0.15, -0.1) is 0 Å². The smallest absolute Gasteiger partial charge is 0.266 e. The molecule has 0 fully saturated rings. The van der Waals surface area contributed by atoms with Crippen LogP contribution < -0.4 is 15.0 Å². The summed E-state index contributed by atoms with van der Waals surface area (Å²) in [6, 6.07) is 17.6. The molecule has 0 aromatic heterocycles. The summed E-state index contributed by atoms with van der Waals surface area (Å²) in [6.45, 7) is 4.08. The van der Waals surface area contributed by atoms with Crippen molar-refractivity contribution in [1.29, 1.82) is 0 Å². The summed E-state index contributed by atoms with van der Waals surface area (Å²) in [5, 5.41) is 2.84. The lowest BCUT2D eigenvalue weighted by Crippen LogP contribution is -2.30. The van der Waals surface area contributed by atoms with Gasteiger partial charge in [-0.05, 0) is 66.9 Å². The highest BCUT2D eigenvalue weighted by Crippen LogP contribution is 2.31. The van der Waals surface area contributed by atoms with E-state index in [0.29, 0.717) is 29.1 Å². The van der Waals surface area contributed by atoms with Gasteiger partial charge in [0.1, 0.15) is 5.75 Å². The summed E-state index contributed by atoms with van der Waals surface area (Å²) >= 11 is 0. The number of carbonyl (C=O) groups is 3. The first-order valence-corrected chi connectivity index (χ1v) is 9.90. The molecule has 0 radical (unpaired) electrons. The first kappa shape index (κ1) is 20.3. The quantitative estimate of drug-likeness (QED) is 0.640. The predicted molar refractivity (Wildman–Crippen MR) is 118 cm³/mol. The molecule has 6 nitrogen and oxygen atoms in total. The zero-order valence-corrected chi connectivity index (χ0v) is 17.6. The number of ether oxygens (including phenoxy) is 1. The van der Waals surface area contributed by atoms with Crippen LogP contribution in [0.5, 0.6) is 5.75 Å². The molecule has 1 aliphatic rings. The Balaban J connectivity index is 1.56. The monoisotopic (exact) mass is 414 g/mol. The number of amides is 3. The van der Waals surface area contributed by atoms with E-state index < -0.39 is 5.91 Å². The number of methoxy groups -OCH3 is 1. The van der Waals surface area contributed by atoms with Crippen molar-refractivity contribution in [2.75, 3.05) is 12.0 Å². The number of nitrogens with one attached hydrogen (secondary N) is 1. The SMILES string of the molecule is COc1cccc(CNC(=O)c2ccc3c(c2)C(=O)N(c2cc(C)ccc2C)C3=O)c1. The average Bonchev–Trinajstić information content (AvgIpc) is 3.03. The fourth-order valence-electron chi connectivity index (χ4n) is 3.63. The van der Waals surface area contributed by atoms with Crippen LogP contribution in [0.4, 0.5) is 5.69 Å². The number of fused-ring (bicyclic) bond motifs is 1. The Labute approximate surface area is 180 Å². The zero-order chi connectivity index (χ0) is 22.1. The summed E-state index contributed by atoms with van der Waals surface area (Å²) in [5.41, 5.74) is 4.10. The second-order valence-corrected chi connectivity index (χ2v) is 7.53. The minimum absolute atomic E-state index is 0.236. The van der Waals surface area contributed by atoms with E-state index in [1.165, 1.54) is 11.0 Å². The van der Waals surface area contributed by atoms with Crippen LogP contribution >= 0.6 is 0 Å². The first-order chi connectivity index (χ1) is 14.9. The van der Waals surface area contributed by atoms with Gasteiger partial charge in [0.2, 0.25) is 0 Å². The number of anilines is 1. The molecule has 0 bridgehead atoms. The maximum atomic E-state index is 13.1. The molecule has 0 aliphatic carbocycles. The van der Waals surface area contributed by atoms with E-state index in [4.69, 9.17) is 4.74 Å². The van der Waals surface area contributed by atoms with Gasteiger partial charge in [-0.25, -0.2) is 4.90 Å². The molecule has 1 N–H and O–H groups in total. The Bertz CT molecular complexity index is 1220. The van der Waals surface area contributed by atoms with Gasteiger partial charge >= 0.3 is 0 Å². The number of carbonyl (C=O) groups excluding carboxylic acids is 3. The van der Waals surface area contributed by atoms with Crippen molar-refractivity contribution < 1.29 is 19.1 Å². The molecule has 1 aliphatic heterocycles. The lowest BCUT2D eigenvalue weighted by atomic mass is 10.1. The van der Waals surface area contributed by atoms with Crippen LogP contribution in [0.25, 0.3) is 0 Å². The summed E-state index contributed by atoms with van der Waals surface area (Å²) in [5.74, 6) is -0.413. The number of benzene rings is 3. The molecule has 0 spiro atoms. The lowest BCUT2D eigenvalue weighted by molar-refractivity contribution is 0.0923. The Morgan fingerprint density at radius 2 is 1.71 bits per heavy atom. The summed E-state index contributed by atoms with van der Waals surface area (Å²) in [6.07, 6.45) is 0. The third-order valence-corrected chi connectivity index (χ3v) is 5.34. The van der Waals surface area contributed by atoms with Crippen LogP contribution in [0.2, 0.25) is 0 Å². The van der Waals surface area contributed by atoms with Crippen LogP contribution in [0, 0.1) is 13.8 Å².